The summed E-state index contributed by atoms with van der Waals surface area (Å²) < 4.78 is 5.10. The number of anilines is 1. The van der Waals surface area contributed by atoms with Gasteiger partial charge in [-0.1, -0.05) is 12.1 Å². The number of rotatable bonds is 6. The van der Waals surface area contributed by atoms with Crippen LogP contribution < -0.4 is 21.1 Å². The number of aliphatic imine (C=N–C) groups is 1. The van der Waals surface area contributed by atoms with Gasteiger partial charge in [0.15, 0.2) is 5.96 Å². The third-order valence-electron chi connectivity index (χ3n) is 3.35. The van der Waals surface area contributed by atoms with Crippen molar-refractivity contribution in [2.75, 3.05) is 19.0 Å². The summed E-state index contributed by atoms with van der Waals surface area (Å²) in [4.78, 5) is 16.0. The Balaban J connectivity index is 0.00000312. The monoisotopic (exact) mass is 454 g/mol. The second kappa shape index (κ2) is 10.5. The molecule has 4 N–H and O–H groups in total. The van der Waals surface area contributed by atoms with E-state index in [1.54, 1.807) is 19.2 Å². The Morgan fingerprint density at radius 3 is 2.32 bits per heavy atom. The molecule has 0 aromatic heterocycles. The molecule has 2 aromatic carbocycles. The first-order chi connectivity index (χ1) is 11.6. The van der Waals surface area contributed by atoms with Crippen LogP contribution >= 0.6 is 24.0 Å². The van der Waals surface area contributed by atoms with Crippen molar-refractivity contribution < 1.29 is 9.53 Å². The highest BCUT2D eigenvalue weighted by Crippen LogP contribution is 2.14. The lowest BCUT2D eigenvalue weighted by molar-refractivity contribution is 0.0956. The van der Waals surface area contributed by atoms with Gasteiger partial charge in [0, 0.05) is 17.8 Å². The van der Waals surface area contributed by atoms with Gasteiger partial charge in [-0.2, -0.15) is 0 Å². The summed E-state index contributed by atoms with van der Waals surface area (Å²) in [6.07, 6.45) is 0. The molecule has 25 heavy (non-hydrogen) atoms. The van der Waals surface area contributed by atoms with Crippen LogP contribution in [0.1, 0.15) is 22.8 Å². The largest absolute Gasteiger partial charge is 0.497 e. The molecule has 2 rings (SSSR count). The van der Waals surface area contributed by atoms with Gasteiger partial charge in [-0.15, -0.1) is 24.0 Å². The van der Waals surface area contributed by atoms with Crippen molar-refractivity contribution in [3.05, 3.63) is 59.7 Å². The number of nitrogens with two attached hydrogens (primary N) is 1. The van der Waals surface area contributed by atoms with Gasteiger partial charge >= 0.3 is 0 Å². The van der Waals surface area contributed by atoms with Gasteiger partial charge in [0.25, 0.3) is 5.91 Å². The molecule has 134 valence electrons. The van der Waals surface area contributed by atoms with Crippen molar-refractivity contribution in [2.24, 2.45) is 10.7 Å². The van der Waals surface area contributed by atoms with Gasteiger partial charge in [-0.25, -0.2) is 4.99 Å². The minimum Gasteiger partial charge on any atom is -0.497 e. The maximum absolute atomic E-state index is 11.7. The Hall–Kier alpha value is -2.29. The van der Waals surface area contributed by atoms with Crippen molar-refractivity contribution in [1.82, 2.24) is 5.32 Å². The van der Waals surface area contributed by atoms with Crippen LogP contribution in [0.3, 0.4) is 0 Å². The molecule has 0 saturated carbocycles. The fourth-order valence-electron chi connectivity index (χ4n) is 2.06. The van der Waals surface area contributed by atoms with E-state index in [0.29, 0.717) is 24.6 Å². The smallest absolute Gasteiger partial charge is 0.251 e. The summed E-state index contributed by atoms with van der Waals surface area (Å²) >= 11 is 0. The number of nitrogens with zero attached hydrogens (tertiary/aromatic N) is 1. The van der Waals surface area contributed by atoms with E-state index >= 15 is 0 Å². The number of guanidine groups is 1. The predicted octanol–water partition coefficient (Wildman–Crippen LogP) is 2.99. The van der Waals surface area contributed by atoms with E-state index in [1.807, 2.05) is 43.3 Å². The number of carbonyl (C=O) groups is 1. The highest BCUT2D eigenvalue weighted by Gasteiger charge is 2.03. The topological polar surface area (TPSA) is 88.7 Å². The fourth-order valence-corrected chi connectivity index (χ4v) is 2.06. The van der Waals surface area contributed by atoms with Crippen LogP contribution in [0.2, 0.25) is 0 Å². The molecule has 7 heteroatoms. The number of methoxy groups -OCH3 is 1. The van der Waals surface area contributed by atoms with Crippen LogP contribution in [0.25, 0.3) is 0 Å². The molecule has 0 aliphatic carbocycles. The zero-order chi connectivity index (χ0) is 17.4. The van der Waals surface area contributed by atoms with E-state index in [2.05, 4.69) is 15.6 Å². The Labute approximate surface area is 164 Å². The average Bonchev–Trinajstić information content (AvgIpc) is 2.61. The number of benzene rings is 2. The normalized spacial score (nSPS) is 10.6. The molecule has 0 aliphatic heterocycles. The summed E-state index contributed by atoms with van der Waals surface area (Å²) in [6.45, 7) is 2.93. The molecule has 1 amide bonds. The minimum atomic E-state index is -0.0757. The maximum Gasteiger partial charge on any atom is 0.251 e. The van der Waals surface area contributed by atoms with Gasteiger partial charge in [0.2, 0.25) is 0 Å². The van der Waals surface area contributed by atoms with Crippen LogP contribution in [-0.4, -0.2) is 25.5 Å². The van der Waals surface area contributed by atoms with Crippen LogP contribution in [0.15, 0.2) is 53.5 Å². The standard InChI is InChI=1S/C18H22N4O2.HI/c1-3-20-17(23)14-6-4-13(5-7-14)12-21-18(19)22-15-8-10-16(24-2)11-9-15;/h4-11H,3,12H2,1-2H3,(H,20,23)(H3,19,21,22);1H. The molecule has 0 fully saturated rings. The number of nitrogens with one attached hydrogen (secondary N) is 2. The second-order valence-electron chi connectivity index (χ2n) is 5.11. The van der Waals surface area contributed by atoms with Crippen LogP contribution in [0.4, 0.5) is 5.69 Å². The SMILES string of the molecule is CCNC(=O)c1ccc(CN=C(N)Nc2ccc(OC)cc2)cc1.I. The van der Waals surface area contributed by atoms with Crippen molar-refractivity contribution in [1.29, 1.82) is 0 Å². The van der Waals surface area contributed by atoms with Crippen LogP contribution in [0.5, 0.6) is 5.75 Å². The summed E-state index contributed by atoms with van der Waals surface area (Å²) in [5.41, 5.74) is 8.33. The Morgan fingerprint density at radius 2 is 1.76 bits per heavy atom. The minimum absolute atomic E-state index is 0. The summed E-state index contributed by atoms with van der Waals surface area (Å²) in [7, 11) is 1.62. The first-order valence-corrected chi connectivity index (χ1v) is 7.70. The number of amides is 1. The van der Waals surface area contributed by atoms with E-state index < -0.39 is 0 Å². The Morgan fingerprint density at radius 1 is 1.12 bits per heavy atom. The van der Waals surface area contributed by atoms with E-state index in [4.69, 9.17) is 10.5 Å². The fraction of sp³-hybridized carbons (Fsp3) is 0.222. The van der Waals surface area contributed by atoms with E-state index in [9.17, 15) is 4.79 Å². The number of halogens is 1. The number of carbonyl (C=O) groups excluding carboxylic acids is 1. The van der Waals surface area contributed by atoms with Crippen molar-refractivity contribution >= 4 is 41.5 Å². The Kier molecular flexibility index (Phi) is 8.76. The molecule has 0 unspecified atom stereocenters. The molecule has 6 nitrogen and oxygen atoms in total. The molecule has 0 radical (unpaired) electrons. The second-order valence-corrected chi connectivity index (χ2v) is 5.11. The van der Waals surface area contributed by atoms with E-state index in [0.717, 1.165) is 17.0 Å². The quantitative estimate of drug-likeness (QED) is 0.356. The number of hydrogen-bond acceptors (Lipinski definition) is 3. The molecule has 0 spiro atoms. The third kappa shape index (κ3) is 6.61. The average molecular weight is 454 g/mol. The van der Waals surface area contributed by atoms with Crippen LogP contribution in [-0.2, 0) is 6.54 Å². The van der Waals surface area contributed by atoms with Crippen molar-refractivity contribution in [3.63, 3.8) is 0 Å². The highest BCUT2D eigenvalue weighted by molar-refractivity contribution is 14.0. The zero-order valence-electron chi connectivity index (χ0n) is 14.3. The lowest BCUT2D eigenvalue weighted by Crippen LogP contribution is -2.23. The van der Waals surface area contributed by atoms with Gasteiger partial charge in [-0.05, 0) is 48.9 Å². The van der Waals surface area contributed by atoms with Gasteiger partial charge in [0.1, 0.15) is 5.75 Å². The molecule has 0 bridgehead atoms. The first-order valence-electron chi connectivity index (χ1n) is 7.70. The predicted molar refractivity (Wildman–Crippen MR) is 112 cm³/mol. The van der Waals surface area contributed by atoms with Crippen molar-refractivity contribution in [3.8, 4) is 5.75 Å². The number of hydrogen-bond donors (Lipinski definition) is 3. The van der Waals surface area contributed by atoms with Gasteiger partial charge in [0.05, 0.1) is 13.7 Å². The summed E-state index contributed by atoms with van der Waals surface area (Å²) in [6, 6.07) is 14.7. The summed E-state index contributed by atoms with van der Waals surface area (Å²) in [5.74, 6) is 1.03. The molecular weight excluding hydrogens is 431 g/mol. The van der Waals surface area contributed by atoms with Gasteiger partial charge in [-0.3, -0.25) is 4.79 Å². The van der Waals surface area contributed by atoms with Crippen molar-refractivity contribution in [2.45, 2.75) is 13.5 Å². The summed E-state index contributed by atoms with van der Waals surface area (Å²) in [5, 5.41) is 5.78. The maximum atomic E-state index is 11.7. The zero-order valence-corrected chi connectivity index (χ0v) is 16.6. The molecule has 2 aromatic rings. The third-order valence-corrected chi connectivity index (χ3v) is 3.35. The highest BCUT2D eigenvalue weighted by atomic mass is 127. The molecule has 0 aliphatic rings. The Bertz CT molecular complexity index is 700. The van der Waals surface area contributed by atoms with E-state index in [-0.39, 0.29) is 29.9 Å². The lowest BCUT2D eigenvalue weighted by Gasteiger charge is -2.07. The van der Waals surface area contributed by atoms with E-state index in [1.165, 1.54) is 0 Å². The van der Waals surface area contributed by atoms with Gasteiger partial charge < -0.3 is 21.1 Å². The lowest BCUT2D eigenvalue weighted by atomic mass is 10.1. The molecule has 0 atom stereocenters. The molecule has 0 saturated heterocycles. The number of ether oxygens (including phenoxy) is 1. The first kappa shape index (κ1) is 20.8. The molecular formula is C18H23IN4O2. The molecule has 0 heterocycles. The van der Waals surface area contributed by atoms with Crippen LogP contribution in [0, 0.1) is 0 Å².